The van der Waals surface area contributed by atoms with Crippen LogP contribution >= 0.6 is 0 Å². The zero-order chi connectivity index (χ0) is 19.4. The molecular weight excluding hydrogens is 340 g/mol. The number of nitrogens with zero attached hydrogens (tertiary/aromatic N) is 1. The predicted molar refractivity (Wildman–Crippen MR) is 107 cm³/mol. The van der Waals surface area contributed by atoms with Gasteiger partial charge in [0.25, 0.3) is 5.91 Å². The number of anilines is 1. The van der Waals surface area contributed by atoms with Gasteiger partial charge in [0.05, 0.1) is 0 Å². The van der Waals surface area contributed by atoms with Crippen molar-refractivity contribution in [1.29, 1.82) is 0 Å². The Labute approximate surface area is 162 Å². The van der Waals surface area contributed by atoms with Crippen LogP contribution in [0.15, 0.2) is 24.3 Å². The molecule has 0 saturated heterocycles. The van der Waals surface area contributed by atoms with Crippen LogP contribution in [-0.4, -0.2) is 34.6 Å². The summed E-state index contributed by atoms with van der Waals surface area (Å²) in [7, 11) is 0. The molecule has 0 radical (unpaired) electrons. The zero-order valence-electron chi connectivity index (χ0n) is 16.8. The Morgan fingerprint density at radius 1 is 0.926 bits per heavy atom. The van der Waals surface area contributed by atoms with Crippen LogP contribution in [0.1, 0.15) is 82.5 Å². The van der Waals surface area contributed by atoms with Gasteiger partial charge in [0.15, 0.2) is 0 Å². The topological polar surface area (TPSA) is 58.6 Å². The zero-order valence-corrected chi connectivity index (χ0v) is 16.8. The van der Waals surface area contributed by atoms with Crippen LogP contribution in [0.25, 0.3) is 0 Å². The summed E-state index contributed by atoms with van der Waals surface area (Å²) < 4.78 is 5.27. The molecule has 0 aliphatic heterocycles. The number of ether oxygens (including phenoxy) is 1. The van der Waals surface area contributed by atoms with E-state index in [9.17, 15) is 9.59 Å². The molecule has 148 valence electrons. The summed E-state index contributed by atoms with van der Waals surface area (Å²) >= 11 is 0. The molecule has 1 aromatic rings. The fourth-order valence-corrected chi connectivity index (χ4v) is 4.26. The smallest absolute Gasteiger partial charge is 0.412 e. The van der Waals surface area contributed by atoms with E-state index in [4.69, 9.17) is 4.74 Å². The van der Waals surface area contributed by atoms with Gasteiger partial charge in [0.2, 0.25) is 0 Å². The van der Waals surface area contributed by atoms with Crippen LogP contribution in [0.5, 0.6) is 0 Å². The summed E-state index contributed by atoms with van der Waals surface area (Å²) in [5.74, 6) is 0.137. The van der Waals surface area contributed by atoms with Crippen LogP contribution < -0.4 is 5.32 Å². The molecule has 2 fully saturated rings. The van der Waals surface area contributed by atoms with Crippen molar-refractivity contribution in [2.75, 3.05) is 5.32 Å². The van der Waals surface area contributed by atoms with E-state index >= 15 is 0 Å². The second-order valence-corrected chi connectivity index (χ2v) is 8.79. The SMILES string of the molecule is CC(C)(C)OC(=O)Nc1ccc(C(=O)N(C2CCCC2)C2CCCC2)cc1. The lowest BCUT2D eigenvalue weighted by atomic mass is 10.1. The molecule has 27 heavy (non-hydrogen) atoms. The van der Waals surface area contributed by atoms with Gasteiger partial charge in [-0.2, -0.15) is 0 Å². The van der Waals surface area contributed by atoms with Gasteiger partial charge in [-0.25, -0.2) is 4.79 Å². The first-order valence-electron chi connectivity index (χ1n) is 10.3. The number of hydrogen-bond donors (Lipinski definition) is 1. The number of amides is 2. The second-order valence-electron chi connectivity index (χ2n) is 8.79. The molecule has 1 aromatic carbocycles. The minimum absolute atomic E-state index is 0.137. The molecule has 0 unspecified atom stereocenters. The molecule has 0 atom stereocenters. The predicted octanol–water partition coefficient (Wildman–Crippen LogP) is 5.36. The van der Waals surface area contributed by atoms with E-state index in [-0.39, 0.29) is 5.91 Å². The molecule has 3 rings (SSSR count). The third-order valence-corrected chi connectivity index (χ3v) is 5.45. The number of carbonyl (C=O) groups excluding carboxylic acids is 2. The highest BCUT2D eigenvalue weighted by molar-refractivity contribution is 5.95. The molecular formula is C22H32N2O3. The van der Waals surface area contributed by atoms with E-state index in [1.165, 1.54) is 25.7 Å². The van der Waals surface area contributed by atoms with Crippen LogP contribution in [-0.2, 0) is 4.74 Å². The lowest BCUT2D eigenvalue weighted by Gasteiger charge is -2.34. The molecule has 0 heterocycles. The quantitative estimate of drug-likeness (QED) is 0.774. The Balaban J connectivity index is 1.68. The summed E-state index contributed by atoms with van der Waals surface area (Å²) in [6, 6.07) is 7.95. The maximum atomic E-state index is 13.3. The first-order valence-corrected chi connectivity index (χ1v) is 10.3. The number of nitrogens with one attached hydrogen (secondary N) is 1. The van der Waals surface area contributed by atoms with Gasteiger partial charge >= 0.3 is 6.09 Å². The highest BCUT2D eigenvalue weighted by Gasteiger charge is 2.34. The van der Waals surface area contributed by atoms with E-state index in [0.29, 0.717) is 23.3 Å². The summed E-state index contributed by atoms with van der Waals surface area (Å²) in [6.45, 7) is 5.49. The van der Waals surface area contributed by atoms with Gasteiger partial charge in [0.1, 0.15) is 5.60 Å². The Hall–Kier alpha value is -2.04. The van der Waals surface area contributed by atoms with Crippen molar-refractivity contribution < 1.29 is 14.3 Å². The van der Waals surface area contributed by atoms with Crippen molar-refractivity contribution in [1.82, 2.24) is 4.90 Å². The van der Waals surface area contributed by atoms with Gasteiger partial charge < -0.3 is 9.64 Å². The molecule has 0 aromatic heterocycles. The summed E-state index contributed by atoms with van der Waals surface area (Å²) in [6.07, 6.45) is 8.90. The summed E-state index contributed by atoms with van der Waals surface area (Å²) in [5.41, 5.74) is 0.792. The van der Waals surface area contributed by atoms with Crippen molar-refractivity contribution in [3.8, 4) is 0 Å². The normalized spacial score (nSPS) is 18.5. The van der Waals surface area contributed by atoms with Crippen molar-refractivity contribution >= 4 is 17.7 Å². The van der Waals surface area contributed by atoms with Crippen LogP contribution in [0.4, 0.5) is 10.5 Å². The lowest BCUT2D eigenvalue weighted by Crippen LogP contribution is -2.45. The number of hydrogen-bond acceptors (Lipinski definition) is 3. The number of carbonyl (C=O) groups is 2. The van der Waals surface area contributed by atoms with E-state index in [1.807, 2.05) is 32.9 Å². The largest absolute Gasteiger partial charge is 0.444 e. The standard InChI is InChI=1S/C22H32N2O3/c1-22(2,3)27-21(26)23-17-14-12-16(13-15-17)20(25)24(18-8-4-5-9-18)19-10-6-7-11-19/h12-15,18-19H,4-11H2,1-3H3,(H,23,26). The van der Waals surface area contributed by atoms with Crippen LogP contribution in [0.3, 0.4) is 0 Å². The Morgan fingerprint density at radius 2 is 1.41 bits per heavy atom. The fraction of sp³-hybridized carbons (Fsp3) is 0.636. The fourth-order valence-electron chi connectivity index (χ4n) is 4.26. The Morgan fingerprint density at radius 3 is 1.85 bits per heavy atom. The Kier molecular flexibility index (Phi) is 6.08. The highest BCUT2D eigenvalue weighted by Crippen LogP contribution is 2.33. The molecule has 2 aliphatic rings. The van der Waals surface area contributed by atoms with Crippen molar-refractivity contribution in [2.24, 2.45) is 0 Å². The maximum Gasteiger partial charge on any atom is 0.412 e. The molecule has 2 aliphatic carbocycles. The van der Waals surface area contributed by atoms with E-state index in [2.05, 4.69) is 10.2 Å². The number of rotatable bonds is 4. The van der Waals surface area contributed by atoms with Gasteiger partial charge in [0, 0.05) is 23.3 Å². The lowest BCUT2D eigenvalue weighted by molar-refractivity contribution is 0.0579. The monoisotopic (exact) mass is 372 g/mol. The van der Waals surface area contributed by atoms with Crippen molar-refractivity contribution in [2.45, 2.75) is 89.8 Å². The van der Waals surface area contributed by atoms with Crippen LogP contribution in [0.2, 0.25) is 0 Å². The first-order chi connectivity index (χ1) is 12.8. The van der Waals surface area contributed by atoms with Gasteiger partial charge in [-0.3, -0.25) is 10.1 Å². The minimum atomic E-state index is -0.539. The van der Waals surface area contributed by atoms with Crippen molar-refractivity contribution in [3.05, 3.63) is 29.8 Å². The molecule has 0 spiro atoms. The van der Waals surface area contributed by atoms with Gasteiger partial charge in [-0.1, -0.05) is 25.7 Å². The average Bonchev–Trinajstić information content (AvgIpc) is 3.28. The summed E-state index contributed by atoms with van der Waals surface area (Å²) in [5, 5.41) is 2.72. The first kappa shape index (κ1) is 19.7. The molecule has 2 amide bonds. The molecule has 1 N–H and O–H groups in total. The Bertz CT molecular complexity index is 635. The third-order valence-electron chi connectivity index (χ3n) is 5.45. The average molecular weight is 373 g/mol. The second kappa shape index (κ2) is 8.32. The van der Waals surface area contributed by atoms with E-state index in [1.54, 1.807) is 12.1 Å². The van der Waals surface area contributed by atoms with Gasteiger partial charge in [-0.05, 0) is 70.7 Å². The molecule has 2 saturated carbocycles. The molecule has 5 heteroatoms. The van der Waals surface area contributed by atoms with E-state index in [0.717, 1.165) is 25.7 Å². The minimum Gasteiger partial charge on any atom is -0.444 e. The highest BCUT2D eigenvalue weighted by atomic mass is 16.6. The van der Waals surface area contributed by atoms with E-state index < -0.39 is 11.7 Å². The summed E-state index contributed by atoms with van der Waals surface area (Å²) in [4.78, 5) is 27.3. The number of benzene rings is 1. The third kappa shape index (κ3) is 5.24. The molecule has 0 bridgehead atoms. The maximum absolute atomic E-state index is 13.3. The molecule has 5 nitrogen and oxygen atoms in total. The van der Waals surface area contributed by atoms with Crippen molar-refractivity contribution in [3.63, 3.8) is 0 Å². The van der Waals surface area contributed by atoms with Gasteiger partial charge in [-0.15, -0.1) is 0 Å². The van der Waals surface area contributed by atoms with Crippen LogP contribution in [0, 0.1) is 0 Å².